The van der Waals surface area contributed by atoms with E-state index in [-0.39, 0.29) is 0 Å². The average molecular weight is 251 g/mol. The Balaban J connectivity index is 2.49. The number of aromatic nitrogens is 2. The van der Waals surface area contributed by atoms with E-state index in [9.17, 15) is 0 Å². The molecule has 0 amide bonds. The van der Waals surface area contributed by atoms with Gasteiger partial charge in [-0.2, -0.15) is 5.10 Å². The van der Waals surface area contributed by atoms with Crippen LogP contribution in [0.2, 0.25) is 0 Å². The molecule has 0 atom stereocenters. The van der Waals surface area contributed by atoms with Crippen LogP contribution in [-0.4, -0.2) is 9.78 Å². The van der Waals surface area contributed by atoms with Gasteiger partial charge in [0.25, 0.3) is 0 Å². The molecule has 2 rings (SSSR count). The van der Waals surface area contributed by atoms with E-state index in [1.54, 1.807) is 0 Å². The minimum atomic E-state index is 1.09. The van der Waals surface area contributed by atoms with Crippen LogP contribution >= 0.6 is 15.9 Å². The smallest absolute Gasteiger partial charge is 0.0649 e. The lowest BCUT2D eigenvalue weighted by Gasteiger charge is -2.04. The summed E-state index contributed by atoms with van der Waals surface area (Å²) in [5.41, 5.74) is 3.50. The van der Waals surface area contributed by atoms with E-state index in [4.69, 9.17) is 0 Å². The molecule has 0 aliphatic rings. The second kappa shape index (κ2) is 3.58. The van der Waals surface area contributed by atoms with Gasteiger partial charge in [0, 0.05) is 10.2 Å². The first-order valence-electron chi connectivity index (χ1n) is 4.45. The molecule has 0 aliphatic heterocycles. The van der Waals surface area contributed by atoms with Crippen LogP contribution in [0.4, 0.5) is 0 Å². The SMILES string of the molecule is Cc1cnn(-c2ccc(Br)cc2)c1C. The lowest BCUT2D eigenvalue weighted by atomic mass is 10.3. The summed E-state index contributed by atoms with van der Waals surface area (Å²) in [5, 5.41) is 4.32. The van der Waals surface area contributed by atoms with Gasteiger partial charge in [-0.25, -0.2) is 4.68 Å². The summed E-state index contributed by atoms with van der Waals surface area (Å²) in [6.45, 7) is 4.14. The number of hydrogen-bond acceptors (Lipinski definition) is 1. The molecule has 0 spiro atoms. The Bertz CT molecular complexity index is 443. The van der Waals surface area contributed by atoms with Crippen molar-refractivity contribution in [3.05, 3.63) is 46.2 Å². The molecule has 0 radical (unpaired) electrons. The number of aryl methyl sites for hydroxylation is 1. The highest BCUT2D eigenvalue weighted by Crippen LogP contribution is 2.16. The van der Waals surface area contributed by atoms with Crippen LogP contribution in [0.15, 0.2) is 34.9 Å². The number of halogens is 1. The highest BCUT2D eigenvalue weighted by Gasteiger charge is 2.03. The van der Waals surface area contributed by atoms with Gasteiger partial charge < -0.3 is 0 Å². The average Bonchev–Trinajstić information content (AvgIpc) is 2.50. The third kappa shape index (κ3) is 1.60. The molecule has 72 valence electrons. The summed E-state index contributed by atoms with van der Waals surface area (Å²) in [5.74, 6) is 0. The predicted octanol–water partition coefficient (Wildman–Crippen LogP) is 3.25. The second-order valence-corrected chi connectivity index (χ2v) is 4.22. The molecule has 0 N–H and O–H groups in total. The van der Waals surface area contributed by atoms with Crippen molar-refractivity contribution in [2.75, 3.05) is 0 Å². The number of benzene rings is 1. The van der Waals surface area contributed by atoms with Gasteiger partial charge in [-0.1, -0.05) is 15.9 Å². The minimum absolute atomic E-state index is 1.09. The molecule has 0 fully saturated rings. The maximum Gasteiger partial charge on any atom is 0.0649 e. The lowest BCUT2D eigenvalue weighted by Crippen LogP contribution is -1.98. The molecule has 14 heavy (non-hydrogen) atoms. The van der Waals surface area contributed by atoms with E-state index in [0.29, 0.717) is 0 Å². The van der Waals surface area contributed by atoms with Crippen LogP contribution in [0, 0.1) is 13.8 Å². The summed E-state index contributed by atoms with van der Waals surface area (Å²) >= 11 is 3.41. The zero-order valence-corrected chi connectivity index (χ0v) is 9.75. The minimum Gasteiger partial charge on any atom is -0.238 e. The van der Waals surface area contributed by atoms with Crippen LogP contribution in [0.25, 0.3) is 5.69 Å². The molecule has 2 nitrogen and oxygen atoms in total. The van der Waals surface area contributed by atoms with Crippen molar-refractivity contribution < 1.29 is 0 Å². The van der Waals surface area contributed by atoms with Crippen molar-refractivity contribution in [3.63, 3.8) is 0 Å². The van der Waals surface area contributed by atoms with Crippen LogP contribution in [0.1, 0.15) is 11.3 Å². The summed E-state index contributed by atoms with van der Waals surface area (Å²) in [6, 6.07) is 8.13. The Morgan fingerprint density at radius 2 is 1.79 bits per heavy atom. The van der Waals surface area contributed by atoms with Gasteiger partial charge in [-0.3, -0.25) is 0 Å². The molecule has 1 aromatic heterocycles. The Hall–Kier alpha value is -1.09. The molecular weight excluding hydrogens is 240 g/mol. The fraction of sp³-hybridized carbons (Fsp3) is 0.182. The Labute approximate surface area is 91.7 Å². The van der Waals surface area contributed by atoms with E-state index in [1.165, 1.54) is 11.3 Å². The maximum absolute atomic E-state index is 4.32. The molecule has 1 aromatic carbocycles. The van der Waals surface area contributed by atoms with Gasteiger partial charge >= 0.3 is 0 Å². The molecule has 0 unspecified atom stereocenters. The van der Waals surface area contributed by atoms with Crippen LogP contribution < -0.4 is 0 Å². The van der Waals surface area contributed by atoms with Gasteiger partial charge in [-0.15, -0.1) is 0 Å². The van der Waals surface area contributed by atoms with E-state index in [2.05, 4.69) is 34.9 Å². The van der Waals surface area contributed by atoms with Crippen molar-refractivity contribution in [2.45, 2.75) is 13.8 Å². The molecule has 2 aromatic rings. The third-order valence-electron chi connectivity index (χ3n) is 2.33. The Morgan fingerprint density at radius 1 is 1.14 bits per heavy atom. The van der Waals surface area contributed by atoms with E-state index >= 15 is 0 Å². The lowest BCUT2D eigenvalue weighted by molar-refractivity contribution is 0.845. The first-order chi connectivity index (χ1) is 6.68. The third-order valence-corrected chi connectivity index (χ3v) is 2.86. The maximum atomic E-state index is 4.32. The highest BCUT2D eigenvalue weighted by molar-refractivity contribution is 9.10. The topological polar surface area (TPSA) is 17.8 Å². The van der Waals surface area contributed by atoms with Gasteiger partial charge in [0.1, 0.15) is 0 Å². The first kappa shape index (κ1) is 9.46. The van der Waals surface area contributed by atoms with Crippen molar-refractivity contribution >= 4 is 15.9 Å². The first-order valence-corrected chi connectivity index (χ1v) is 5.25. The normalized spacial score (nSPS) is 10.5. The molecule has 3 heteroatoms. The van der Waals surface area contributed by atoms with Gasteiger partial charge in [0.2, 0.25) is 0 Å². The molecule has 0 aliphatic carbocycles. The van der Waals surface area contributed by atoms with Gasteiger partial charge in [0.05, 0.1) is 11.9 Å². The van der Waals surface area contributed by atoms with E-state index < -0.39 is 0 Å². The van der Waals surface area contributed by atoms with Crippen molar-refractivity contribution in [2.24, 2.45) is 0 Å². The Kier molecular flexibility index (Phi) is 2.42. The van der Waals surface area contributed by atoms with Crippen LogP contribution in [-0.2, 0) is 0 Å². The Morgan fingerprint density at radius 3 is 2.29 bits per heavy atom. The second-order valence-electron chi connectivity index (χ2n) is 3.30. The monoisotopic (exact) mass is 250 g/mol. The van der Waals surface area contributed by atoms with Crippen molar-refractivity contribution in [3.8, 4) is 5.69 Å². The van der Waals surface area contributed by atoms with Crippen LogP contribution in [0.5, 0.6) is 0 Å². The van der Waals surface area contributed by atoms with Gasteiger partial charge in [0.15, 0.2) is 0 Å². The van der Waals surface area contributed by atoms with Crippen molar-refractivity contribution in [1.29, 1.82) is 0 Å². The number of rotatable bonds is 1. The summed E-state index contributed by atoms with van der Waals surface area (Å²) in [6.07, 6.45) is 1.89. The number of nitrogens with zero attached hydrogens (tertiary/aromatic N) is 2. The van der Waals surface area contributed by atoms with Gasteiger partial charge in [-0.05, 0) is 43.7 Å². The summed E-state index contributed by atoms with van der Waals surface area (Å²) < 4.78 is 3.03. The zero-order valence-electron chi connectivity index (χ0n) is 8.16. The number of hydrogen-bond donors (Lipinski definition) is 0. The molecule has 0 bridgehead atoms. The fourth-order valence-corrected chi connectivity index (χ4v) is 1.60. The van der Waals surface area contributed by atoms with Crippen molar-refractivity contribution in [1.82, 2.24) is 9.78 Å². The molecular formula is C11H11BrN2. The largest absolute Gasteiger partial charge is 0.238 e. The quantitative estimate of drug-likeness (QED) is 0.760. The fourth-order valence-electron chi connectivity index (χ4n) is 1.33. The zero-order chi connectivity index (χ0) is 10.1. The summed E-state index contributed by atoms with van der Waals surface area (Å²) in [7, 11) is 0. The summed E-state index contributed by atoms with van der Waals surface area (Å²) in [4.78, 5) is 0. The van der Waals surface area contributed by atoms with E-state index in [0.717, 1.165) is 10.2 Å². The van der Waals surface area contributed by atoms with Crippen LogP contribution in [0.3, 0.4) is 0 Å². The van der Waals surface area contributed by atoms with E-state index in [1.807, 2.05) is 35.1 Å². The molecule has 0 saturated heterocycles. The molecule has 0 saturated carbocycles. The predicted molar refractivity (Wildman–Crippen MR) is 60.7 cm³/mol. The highest BCUT2D eigenvalue weighted by atomic mass is 79.9. The molecule has 1 heterocycles. The standard InChI is InChI=1S/C11H11BrN2/c1-8-7-13-14(9(8)2)11-5-3-10(12)4-6-11/h3-7H,1-2H3.